The fraction of sp³-hybridized carbons (Fsp3) is 0.286. The topological polar surface area (TPSA) is 234 Å². The van der Waals surface area contributed by atoms with Gasteiger partial charge in [-0.2, -0.15) is 0 Å². The van der Waals surface area contributed by atoms with Gasteiger partial charge >= 0.3 is 0 Å². The number of nitrogens with two attached hydrogens (primary N) is 5. The molecule has 0 saturated heterocycles. The molecule has 0 aromatic carbocycles. The van der Waals surface area contributed by atoms with Crippen LogP contribution in [0.3, 0.4) is 0 Å². The summed E-state index contributed by atoms with van der Waals surface area (Å²) in [6.07, 6.45) is 15.3. The zero-order valence-corrected chi connectivity index (χ0v) is 23.2. The number of nitrogens with zero attached hydrogens (tertiary/aromatic N) is 6. The number of rotatable bonds is 8. The Labute approximate surface area is 240 Å². The van der Waals surface area contributed by atoms with E-state index in [1.54, 1.807) is 31.2 Å². The number of aromatic nitrogens is 6. The predicted octanol–water partition coefficient (Wildman–Crippen LogP) is 1.41. The highest BCUT2D eigenvalue weighted by molar-refractivity contribution is 5.04. The van der Waals surface area contributed by atoms with Crippen LogP contribution in [0.1, 0.15) is 28.5 Å². The third kappa shape index (κ3) is 18.5. The van der Waals surface area contributed by atoms with Gasteiger partial charge < -0.3 is 37.5 Å². The molecule has 0 aliphatic rings. The lowest BCUT2D eigenvalue weighted by molar-refractivity contribution is 0.512. The average Bonchev–Trinajstić information content (AvgIpc) is 3.76. The van der Waals surface area contributed by atoms with E-state index in [1.165, 1.54) is 19.0 Å². The van der Waals surface area contributed by atoms with Crippen molar-refractivity contribution in [1.29, 1.82) is 0 Å². The van der Waals surface area contributed by atoms with E-state index in [9.17, 15) is 0 Å². The summed E-state index contributed by atoms with van der Waals surface area (Å²) in [6, 6.07) is 13.2. The minimum Gasteiger partial charge on any atom is -0.472 e. The lowest BCUT2D eigenvalue weighted by Gasteiger charge is -1.92. The van der Waals surface area contributed by atoms with Gasteiger partial charge in [0.05, 0.1) is 25.3 Å². The van der Waals surface area contributed by atoms with Crippen LogP contribution < -0.4 is 28.7 Å². The molecule has 5 heterocycles. The van der Waals surface area contributed by atoms with Crippen LogP contribution >= 0.6 is 0 Å². The molecular formula is C28H41N11O2. The maximum absolute atomic E-state index is 5.32. The van der Waals surface area contributed by atoms with Crippen molar-refractivity contribution in [3.05, 3.63) is 121 Å². The van der Waals surface area contributed by atoms with E-state index < -0.39 is 0 Å². The zero-order valence-electron chi connectivity index (χ0n) is 23.2. The van der Waals surface area contributed by atoms with Crippen LogP contribution in [0.4, 0.5) is 0 Å². The summed E-state index contributed by atoms with van der Waals surface area (Å²) in [4.78, 5) is 23.2. The predicted molar refractivity (Wildman–Crippen MR) is 158 cm³/mol. The SMILES string of the molecule is NCCc1ccccn1.NCCc1ccncn1.NCCc1ncncn1.NCc1ccco1.NCc1ccoc1. The molecule has 0 aliphatic heterocycles. The van der Waals surface area contributed by atoms with Crippen molar-refractivity contribution in [2.75, 3.05) is 19.6 Å². The Hall–Kier alpha value is -4.40. The second-order valence-electron chi connectivity index (χ2n) is 7.81. The summed E-state index contributed by atoms with van der Waals surface area (Å²) in [6.45, 7) is 2.97. The first-order chi connectivity index (χ1) is 20.2. The smallest absolute Gasteiger partial charge is 0.133 e. The van der Waals surface area contributed by atoms with E-state index in [4.69, 9.17) is 37.5 Å². The zero-order chi connectivity index (χ0) is 29.8. The van der Waals surface area contributed by atoms with Gasteiger partial charge in [-0.1, -0.05) is 6.07 Å². The third-order valence-electron chi connectivity index (χ3n) is 4.68. The van der Waals surface area contributed by atoms with Crippen molar-refractivity contribution < 1.29 is 8.83 Å². The monoisotopic (exact) mass is 563 g/mol. The highest BCUT2D eigenvalue weighted by atomic mass is 16.3. The van der Waals surface area contributed by atoms with Gasteiger partial charge in [-0.15, -0.1) is 0 Å². The molecule has 0 spiro atoms. The van der Waals surface area contributed by atoms with E-state index in [-0.39, 0.29) is 0 Å². The summed E-state index contributed by atoms with van der Waals surface area (Å²) in [7, 11) is 0. The minimum atomic E-state index is 0.493. The molecule has 5 aromatic heterocycles. The van der Waals surface area contributed by atoms with Crippen LogP contribution in [0.5, 0.6) is 0 Å². The molecule has 10 N–H and O–H groups in total. The molecule has 0 atom stereocenters. The van der Waals surface area contributed by atoms with Gasteiger partial charge in [0, 0.05) is 55.2 Å². The molecule has 0 aliphatic carbocycles. The van der Waals surface area contributed by atoms with Gasteiger partial charge in [-0.25, -0.2) is 24.9 Å². The highest BCUT2D eigenvalue weighted by Gasteiger charge is 1.89. The van der Waals surface area contributed by atoms with Crippen molar-refractivity contribution in [3.8, 4) is 0 Å². The van der Waals surface area contributed by atoms with Crippen LogP contribution in [0.2, 0.25) is 0 Å². The molecule has 0 fully saturated rings. The molecule has 0 radical (unpaired) electrons. The Bertz CT molecular complexity index is 1050. The van der Waals surface area contributed by atoms with Crippen LogP contribution in [0.15, 0.2) is 101 Å². The largest absolute Gasteiger partial charge is 0.472 e. The van der Waals surface area contributed by atoms with Gasteiger partial charge in [-0.3, -0.25) is 4.98 Å². The van der Waals surface area contributed by atoms with E-state index >= 15 is 0 Å². The molecule has 5 aromatic rings. The van der Waals surface area contributed by atoms with Crippen LogP contribution in [-0.2, 0) is 32.4 Å². The van der Waals surface area contributed by atoms with Gasteiger partial charge in [0.2, 0.25) is 0 Å². The summed E-state index contributed by atoms with van der Waals surface area (Å²) in [5, 5.41) is 0. The van der Waals surface area contributed by atoms with Crippen molar-refractivity contribution in [2.45, 2.75) is 32.4 Å². The Morgan fingerprint density at radius 1 is 0.585 bits per heavy atom. The summed E-state index contributed by atoms with van der Waals surface area (Å²) >= 11 is 0. The van der Waals surface area contributed by atoms with Crippen molar-refractivity contribution >= 4 is 0 Å². The van der Waals surface area contributed by atoms with Gasteiger partial charge in [0.1, 0.15) is 30.6 Å². The summed E-state index contributed by atoms with van der Waals surface area (Å²) in [5.74, 6) is 1.59. The molecule has 0 amide bonds. The molecule has 13 heteroatoms. The normalized spacial score (nSPS) is 9.39. The summed E-state index contributed by atoms with van der Waals surface area (Å²) < 4.78 is 9.58. The van der Waals surface area contributed by atoms with Crippen LogP contribution in [0, 0.1) is 0 Å². The molecule has 5 rings (SSSR count). The van der Waals surface area contributed by atoms with E-state index in [1.807, 2.05) is 42.5 Å². The van der Waals surface area contributed by atoms with Gasteiger partial charge in [0.25, 0.3) is 0 Å². The molecule has 0 saturated carbocycles. The number of pyridine rings is 1. The molecule has 0 unspecified atom stereocenters. The van der Waals surface area contributed by atoms with Gasteiger partial charge in [-0.05, 0) is 56.0 Å². The Kier molecular flexibility index (Phi) is 20.8. The fourth-order valence-electron chi connectivity index (χ4n) is 2.67. The maximum Gasteiger partial charge on any atom is 0.133 e. The van der Waals surface area contributed by atoms with E-state index in [0.29, 0.717) is 32.7 Å². The first-order valence-corrected chi connectivity index (χ1v) is 13.0. The second-order valence-corrected chi connectivity index (χ2v) is 7.81. The van der Waals surface area contributed by atoms with Crippen molar-refractivity contribution in [2.24, 2.45) is 28.7 Å². The Balaban J connectivity index is 0.000000257. The minimum absolute atomic E-state index is 0.493. The van der Waals surface area contributed by atoms with Crippen LogP contribution in [-0.4, -0.2) is 49.5 Å². The van der Waals surface area contributed by atoms with E-state index in [2.05, 4.69) is 29.9 Å². The quantitative estimate of drug-likeness (QED) is 0.180. The summed E-state index contributed by atoms with van der Waals surface area (Å²) in [5.41, 5.74) is 29.4. The molecule has 0 bridgehead atoms. The number of hydrogen-bond acceptors (Lipinski definition) is 13. The Morgan fingerprint density at radius 2 is 1.29 bits per heavy atom. The number of hydrogen-bond donors (Lipinski definition) is 5. The molecule has 220 valence electrons. The molecule has 41 heavy (non-hydrogen) atoms. The van der Waals surface area contributed by atoms with Gasteiger partial charge in [0.15, 0.2) is 0 Å². The number of furan rings is 2. The van der Waals surface area contributed by atoms with E-state index in [0.717, 1.165) is 47.8 Å². The first kappa shape index (κ1) is 34.6. The Morgan fingerprint density at radius 3 is 1.73 bits per heavy atom. The van der Waals surface area contributed by atoms with Crippen LogP contribution in [0.25, 0.3) is 0 Å². The molecular weight excluding hydrogens is 522 g/mol. The van der Waals surface area contributed by atoms with Crippen molar-refractivity contribution in [1.82, 2.24) is 29.9 Å². The third-order valence-corrected chi connectivity index (χ3v) is 4.68. The average molecular weight is 564 g/mol. The maximum atomic E-state index is 5.32. The lowest BCUT2D eigenvalue weighted by atomic mass is 10.3. The van der Waals surface area contributed by atoms with Crippen molar-refractivity contribution in [3.63, 3.8) is 0 Å². The first-order valence-electron chi connectivity index (χ1n) is 13.0. The standard InChI is InChI=1S/C7H10N2.C6H9N3.C5H8N4.2C5H7NO/c8-5-4-7-3-1-2-6-9-7;7-3-1-6-2-4-8-5-9-6;6-2-1-5-8-3-7-4-9-5;6-3-5-1-2-7-4-5;6-4-5-2-1-3-7-5/h1-3,6H,4-5,8H2;2,4-5H,1,3,7H2;3-4H,1-2,6H2;1-2,4H,3,6H2;1-3H,4,6H2. The molecule has 13 nitrogen and oxygen atoms in total. The second kappa shape index (κ2) is 24.6. The lowest BCUT2D eigenvalue weighted by Crippen LogP contribution is -2.05. The fourth-order valence-corrected chi connectivity index (χ4v) is 2.67. The highest BCUT2D eigenvalue weighted by Crippen LogP contribution is 1.96.